The van der Waals surface area contributed by atoms with Crippen LogP contribution in [0.1, 0.15) is 21.5 Å². The van der Waals surface area contributed by atoms with Crippen LogP contribution in [0.5, 0.6) is 34.5 Å². The molecule has 0 aliphatic heterocycles. The summed E-state index contributed by atoms with van der Waals surface area (Å²) in [5.74, 6) is 2.76. The van der Waals surface area contributed by atoms with Crippen LogP contribution in [0.15, 0.2) is 54.6 Å². The highest BCUT2D eigenvalue weighted by Gasteiger charge is 2.23. The summed E-state index contributed by atoms with van der Waals surface area (Å²) in [6.45, 7) is 0. The van der Waals surface area contributed by atoms with Gasteiger partial charge in [-0.25, -0.2) is 0 Å². The van der Waals surface area contributed by atoms with Gasteiger partial charge in [0.1, 0.15) is 17.2 Å². The normalized spacial score (nSPS) is 10.9. The molecule has 0 aromatic heterocycles. The number of Topliss-reactive ketones (excluding diaryl/α,β-unsaturated/α-hetero) is 1. The van der Waals surface area contributed by atoms with Crippen LogP contribution < -0.4 is 28.4 Å². The molecule has 0 heterocycles. The van der Waals surface area contributed by atoms with Gasteiger partial charge in [0.2, 0.25) is 5.75 Å². The molecule has 0 aliphatic rings. The first-order valence-electron chi connectivity index (χ1n) is 10.4. The van der Waals surface area contributed by atoms with E-state index in [1.54, 1.807) is 57.7 Å². The van der Waals surface area contributed by atoms with E-state index in [9.17, 15) is 4.79 Å². The molecule has 0 amide bonds. The zero-order chi connectivity index (χ0) is 24.7. The van der Waals surface area contributed by atoms with Crippen LogP contribution in [0.2, 0.25) is 0 Å². The van der Waals surface area contributed by atoms with Gasteiger partial charge in [-0.2, -0.15) is 0 Å². The fourth-order valence-corrected chi connectivity index (χ4v) is 3.52. The molecule has 0 radical (unpaired) electrons. The third-order valence-corrected chi connectivity index (χ3v) is 5.30. The summed E-state index contributed by atoms with van der Waals surface area (Å²) < 4.78 is 32.4. The van der Waals surface area contributed by atoms with E-state index in [2.05, 4.69) is 0 Å². The number of hydrogen-bond donors (Lipinski definition) is 0. The Labute approximate surface area is 199 Å². The highest BCUT2D eigenvalue weighted by Crippen LogP contribution is 2.40. The summed E-state index contributed by atoms with van der Waals surface area (Å²) in [5, 5.41) is 0. The molecule has 0 spiro atoms. The van der Waals surface area contributed by atoms with E-state index in [4.69, 9.17) is 28.4 Å². The van der Waals surface area contributed by atoms with Gasteiger partial charge in [-0.05, 0) is 48.0 Å². The monoisotopic (exact) mass is 464 g/mol. The number of methoxy groups -OCH3 is 6. The molecule has 3 aromatic rings. The third-order valence-electron chi connectivity index (χ3n) is 5.30. The lowest BCUT2D eigenvalue weighted by molar-refractivity contribution is 0.105. The van der Waals surface area contributed by atoms with E-state index in [-0.39, 0.29) is 5.78 Å². The van der Waals surface area contributed by atoms with Crippen LogP contribution in [0, 0.1) is 0 Å². The van der Waals surface area contributed by atoms with Crippen molar-refractivity contribution >= 4 is 17.4 Å². The maximum atomic E-state index is 13.9. The molecule has 0 atom stereocenters. The molecule has 0 bridgehead atoms. The second-order valence-electron chi connectivity index (χ2n) is 7.14. The minimum atomic E-state index is -0.251. The van der Waals surface area contributed by atoms with Crippen molar-refractivity contribution in [2.45, 2.75) is 0 Å². The average molecular weight is 465 g/mol. The van der Waals surface area contributed by atoms with E-state index in [0.717, 1.165) is 11.3 Å². The van der Waals surface area contributed by atoms with Gasteiger partial charge in [0.25, 0.3) is 0 Å². The lowest BCUT2D eigenvalue weighted by atomic mass is 9.93. The van der Waals surface area contributed by atoms with Crippen molar-refractivity contribution in [3.63, 3.8) is 0 Å². The lowest BCUT2D eigenvalue weighted by Crippen LogP contribution is -2.06. The van der Waals surface area contributed by atoms with Crippen LogP contribution in [0.4, 0.5) is 0 Å². The minimum Gasteiger partial charge on any atom is -0.497 e. The number of benzene rings is 3. The Morgan fingerprint density at radius 2 is 1.18 bits per heavy atom. The summed E-state index contributed by atoms with van der Waals surface area (Å²) in [5.41, 5.74) is 2.21. The molecule has 3 aromatic carbocycles. The molecular formula is C27H28O7. The molecule has 34 heavy (non-hydrogen) atoms. The van der Waals surface area contributed by atoms with E-state index in [1.165, 1.54) is 21.3 Å². The first-order valence-corrected chi connectivity index (χ1v) is 10.4. The Morgan fingerprint density at radius 3 is 1.68 bits per heavy atom. The van der Waals surface area contributed by atoms with E-state index >= 15 is 0 Å². The highest BCUT2D eigenvalue weighted by atomic mass is 16.5. The predicted molar refractivity (Wildman–Crippen MR) is 131 cm³/mol. The zero-order valence-corrected chi connectivity index (χ0v) is 20.1. The fraction of sp³-hybridized carbons (Fsp3) is 0.222. The van der Waals surface area contributed by atoms with Crippen molar-refractivity contribution in [1.82, 2.24) is 0 Å². The SMILES string of the molecule is COc1ccc(/C=C(/C(=O)c2cc(OC)c(OC)c(OC)c2)c2ccc(OC)cc2OC)cc1. The highest BCUT2D eigenvalue weighted by molar-refractivity contribution is 6.33. The molecule has 0 fully saturated rings. The number of ketones is 1. The number of ether oxygens (including phenoxy) is 6. The second kappa shape index (κ2) is 11.1. The average Bonchev–Trinajstić information content (AvgIpc) is 2.90. The van der Waals surface area contributed by atoms with Gasteiger partial charge in [0.15, 0.2) is 17.3 Å². The molecule has 0 saturated heterocycles. The van der Waals surface area contributed by atoms with Crippen LogP contribution >= 0.6 is 0 Å². The number of carbonyl (C=O) groups is 1. The Balaban J connectivity index is 2.22. The third kappa shape index (κ3) is 5.09. The van der Waals surface area contributed by atoms with Crippen LogP contribution in [0.3, 0.4) is 0 Å². The quantitative estimate of drug-likeness (QED) is 0.233. The predicted octanol–water partition coefficient (Wildman–Crippen LogP) is 5.16. The Kier molecular flexibility index (Phi) is 8.03. The van der Waals surface area contributed by atoms with Gasteiger partial charge in [-0.3, -0.25) is 4.79 Å². The van der Waals surface area contributed by atoms with Crippen molar-refractivity contribution in [1.29, 1.82) is 0 Å². The van der Waals surface area contributed by atoms with Gasteiger partial charge in [-0.1, -0.05) is 12.1 Å². The van der Waals surface area contributed by atoms with Crippen molar-refractivity contribution in [3.05, 3.63) is 71.3 Å². The van der Waals surface area contributed by atoms with E-state index in [1.807, 2.05) is 24.3 Å². The first kappa shape index (κ1) is 24.5. The zero-order valence-electron chi connectivity index (χ0n) is 20.1. The van der Waals surface area contributed by atoms with Crippen molar-refractivity contribution in [2.24, 2.45) is 0 Å². The number of hydrogen-bond acceptors (Lipinski definition) is 7. The molecule has 7 nitrogen and oxygen atoms in total. The Hall–Kier alpha value is -4.13. The maximum Gasteiger partial charge on any atom is 0.203 e. The van der Waals surface area contributed by atoms with Crippen molar-refractivity contribution < 1.29 is 33.2 Å². The Bertz CT molecular complexity index is 1160. The topological polar surface area (TPSA) is 72.5 Å². The molecule has 0 N–H and O–H groups in total. The lowest BCUT2D eigenvalue weighted by Gasteiger charge is -2.16. The summed E-state index contributed by atoms with van der Waals surface area (Å²) in [6, 6.07) is 16.0. The summed E-state index contributed by atoms with van der Waals surface area (Å²) in [6.07, 6.45) is 1.80. The van der Waals surface area contributed by atoms with Gasteiger partial charge < -0.3 is 28.4 Å². The van der Waals surface area contributed by atoms with Crippen LogP contribution in [-0.4, -0.2) is 48.4 Å². The van der Waals surface area contributed by atoms with Gasteiger partial charge in [-0.15, -0.1) is 0 Å². The fourth-order valence-electron chi connectivity index (χ4n) is 3.52. The van der Waals surface area contributed by atoms with Gasteiger partial charge in [0, 0.05) is 22.8 Å². The molecule has 0 unspecified atom stereocenters. The first-order chi connectivity index (χ1) is 16.5. The molecule has 178 valence electrons. The maximum absolute atomic E-state index is 13.9. The van der Waals surface area contributed by atoms with E-state index in [0.29, 0.717) is 45.4 Å². The molecule has 7 heteroatoms. The van der Waals surface area contributed by atoms with Gasteiger partial charge >= 0.3 is 0 Å². The molecule has 0 aliphatic carbocycles. The standard InChI is InChI=1S/C27H28O7/c1-29-19-9-7-17(8-10-19)13-22(21-12-11-20(30-2)16-23(21)31-3)26(28)18-14-24(32-4)27(34-6)25(15-18)33-5/h7-16H,1-6H3/b22-13+. The molecular weight excluding hydrogens is 436 g/mol. The molecule has 0 saturated carbocycles. The molecule has 3 rings (SSSR count). The van der Waals surface area contributed by atoms with Crippen molar-refractivity contribution in [2.75, 3.05) is 42.7 Å². The number of carbonyl (C=O) groups excluding carboxylic acids is 1. The summed E-state index contributed by atoms with van der Waals surface area (Å²) in [7, 11) is 9.25. The van der Waals surface area contributed by atoms with E-state index < -0.39 is 0 Å². The smallest absolute Gasteiger partial charge is 0.203 e. The minimum absolute atomic E-state index is 0.251. The Morgan fingerprint density at radius 1 is 0.618 bits per heavy atom. The van der Waals surface area contributed by atoms with Gasteiger partial charge in [0.05, 0.1) is 42.7 Å². The summed E-state index contributed by atoms with van der Waals surface area (Å²) >= 11 is 0. The summed E-state index contributed by atoms with van der Waals surface area (Å²) in [4.78, 5) is 13.9. The van der Waals surface area contributed by atoms with Crippen molar-refractivity contribution in [3.8, 4) is 34.5 Å². The number of rotatable bonds is 10. The largest absolute Gasteiger partial charge is 0.497 e. The van der Waals surface area contributed by atoms with Crippen LogP contribution in [-0.2, 0) is 0 Å². The second-order valence-corrected chi connectivity index (χ2v) is 7.14. The number of allylic oxidation sites excluding steroid dienone is 1. The van der Waals surface area contributed by atoms with Crippen LogP contribution in [0.25, 0.3) is 11.6 Å².